The van der Waals surface area contributed by atoms with Crippen LogP contribution in [0.4, 0.5) is 0 Å². The van der Waals surface area contributed by atoms with E-state index in [0.717, 1.165) is 0 Å². The van der Waals surface area contributed by atoms with Gasteiger partial charge >= 0.3 is 5.97 Å². The molecule has 5 heteroatoms. The van der Waals surface area contributed by atoms with Crippen LogP contribution in [0.25, 0.3) is 10.9 Å². The number of hydrogen-bond donors (Lipinski definition) is 1. The van der Waals surface area contributed by atoms with E-state index in [0.29, 0.717) is 16.7 Å². The fraction of sp³-hybridized carbons (Fsp3) is 0.231. The molecule has 0 aliphatic heterocycles. The van der Waals surface area contributed by atoms with Crippen molar-refractivity contribution in [3.8, 4) is 5.75 Å². The zero-order chi connectivity index (χ0) is 13.1. The van der Waals surface area contributed by atoms with Crippen LogP contribution in [-0.4, -0.2) is 24.7 Å². The van der Waals surface area contributed by atoms with Gasteiger partial charge in [-0.1, -0.05) is 0 Å². The lowest BCUT2D eigenvalue weighted by molar-refractivity contribution is 0.0528. The first-order chi connectivity index (χ1) is 8.65. The number of carbonyl (C=O) groups is 1. The number of nitrogens with one attached hydrogen (secondary N) is 1. The first-order valence-corrected chi connectivity index (χ1v) is 5.54. The molecule has 2 aromatic rings. The Labute approximate surface area is 103 Å². The van der Waals surface area contributed by atoms with Gasteiger partial charge < -0.3 is 14.5 Å². The summed E-state index contributed by atoms with van der Waals surface area (Å²) in [4.78, 5) is 25.9. The van der Waals surface area contributed by atoms with Gasteiger partial charge in [-0.25, -0.2) is 4.79 Å². The lowest BCUT2D eigenvalue weighted by atomic mass is 10.1. The van der Waals surface area contributed by atoms with Gasteiger partial charge in [-0.3, -0.25) is 4.79 Å². The van der Waals surface area contributed by atoms with Crippen molar-refractivity contribution in [2.45, 2.75) is 6.92 Å². The number of fused-ring (bicyclic) bond motifs is 1. The van der Waals surface area contributed by atoms with Gasteiger partial charge in [0, 0.05) is 17.0 Å². The Bertz CT molecular complexity index is 645. The molecule has 0 aliphatic carbocycles. The number of benzene rings is 1. The molecule has 0 saturated carbocycles. The number of aromatic nitrogens is 1. The zero-order valence-corrected chi connectivity index (χ0v) is 10.1. The summed E-state index contributed by atoms with van der Waals surface area (Å²) in [6.45, 7) is 1.98. The molecule has 18 heavy (non-hydrogen) atoms. The maximum Gasteiger partial charge on any atom is 0.339 e. The third-order valence-electron chi connectivity index (χ3n) is 2.55. The van der Waals surface area contributed by atoms with Crippen LogP contribution in [0.5, 0.6) is 5.75 Å². The molecule has 2 rings (SSSR count). The SMILES string of the molecule is CCOC(=O)c1cc(=O)[nH]c2ccc(OC)cc12. The fourth-order valence-corrected chi connectivity index (χ4v) is 1.74. The van der Waals surface area contributed by atoms with Crippen LogP contribution in [0.1, 0.15) is 17.3 Å². The van der Waals surface area contributed by atoms with Crippen molar-refractivity contribution in [3.05, 3.63) is 40.2 Å². The number of esters is 1. The number of hydrogen-bond acceptors (Lipinski definition) is 4. The van der Waals surface area contributed by atoms with E-state index in [1.54, 1.807) is 25.1 Å². The molecule has 0 aliphatic rings. The molecule has 0 unspecified atom stereocenters. The lowest BCUT2D eigenvalue weighted by Gasteiger charge is -2.07. The van der Waals surface area contributed by atoms with E-state index in [4.69, 9.17) is 9.47 Å². The largest absolute Gasteiger partial charge is 0.497 e. The van der Waals surface area contributed by atoms with E-state index in [1.165, 1.54) is 13.2 Å². The molecular weight excluding hydrogens is 234 g/mol. The molecule has 0 bridgehead atoms. The molecule has 5 nitrogen and oxygen atoms in total. The molecule has 94 valence electrons. The molecule has 1 N–H and O–H groups in total. The molecule has 0 spiro atoms. The van der Waals surface area contributed by atoms with E-state index < -0.39 is 5.97 Å². The number of rotatable bonds is 3. The Balaban J connectivity index is 2.69. The number of ether oxygens (including phenoxy) is 2. The van der Waals surface area contributed by atoms with Crippen LogP contribution >= 0.6 is 0 Å². The zero-order valence-electron chi connectivity index (χ0n) is 10.1. The van der Waals surface area contributed by atoms with Gasteiger partial charge in [0.1, 0.15) is 5.75 Å². The Morgan fingerprint density at radius 3 is 2.78 bits per heavy atom. The number of methoxy groups -OCH3 is 1. The van der Waals surface area contributed by atoms with Crippen molar-refractivity contribution in [2.24, 2.45) is 0 Å². The van der Waals surface area contributed by atoms with E-state index >= 15 is 0 Å². The van der Waals surface area contributed by atoms with E-state index in [2.05, 4.69) is 4.98 Å². The second kappa shape index (κ2) is 4.91. The Hall–Kier alpha value is -2.30. The van der Waals surface area contributed by atoms with Crippen LogP contribution < -0.4 is 10.3 Å². The van der Waals surface area contributed by atoms with Gasteiger partial charge in [-0.05, 0) is 25.1 Å². The summed E-state index contributed by atoms with van der Waals surface area (Å²) in [5, 5.41) is 0.604. The molecule has 0 amide bonds. The molecule has 1 heterocycles. The third kappa shape index (κ3) is 2.20. The highest BCUT2D eigenvalue weighted by Crippen LogP contribution is 2.21. The molecule has 0 fully saturated rings. The van der Waals surface area contributed by atoms with Gasteiger partial charge in [0.25, 0.3) is 0 Å². The summed E-state index contributed by atoms with van der Waals surface area (Å²) in [7, 11) is 1.54. The number of aromatic amines is 1. The van der Waals surface area contributed by atoms with Crippen molar-refractivity contribution < 1.29 is 14.3 Å². The Morgan fingerprint density at radius 1 is 1.33 bits per heavy atom. The van der Waals surface area contributed by atoms with Crippen LogP contribution in [-0.2, 0) is 4.74 Å². The van der Waals surface area contributed by atoms with Crippen molar-refractivity contribution in [1.29, 1.82) is 0 Å². The van der Waals surface area contributed by atoms with E-state index in [1.807, 2.05) is 0 Å². The molecular formula is C13H13NO4. The van der Waals surface area contributed by atoms with Crippen LogP contribution in [0.2, 0.25) is 0 Å². The smallest absolute Gasteiger partial charge is 0.339 e. The second-order valence-corrected chi connectivity index (χ2v) is 3.68. The minimum absolute atomic E-state index is 0.245. The van der Waals surface area contributed by atoms with Crippen molar-refractivity contribution in [3.63, 3.8) is 0 Å². The fourth-order valence-electron chi connectivity index (χ4n) is 1.74. The Morgan fingerprint density at radius 2 is 2.11 bits per heavy atom. The summed E-state index contributed by atoms with van der Waals surface area (Å²) in [5.74, 6) is 0.0990. The maximum atomic E-state index is 11.8. The summed E-state index contributed by atoms with van der Waals surface area (Å²) >= 11 is 0. The highest BCUT2D eigenvalue weighted by atomic mass is 16.5. The maximum absolute atomic E-state index is 11.8. The topological polar surface area (TPSA) is 68.4 Å². The van der Waals surface area contributed by atoms with Crippen molar-refractivity contribution in [2.75, 3.05) is 13.7 Å². The summed E-state index contributed by atoms with van der Waals surface area (Å²) in [6.07, 6.45) is 0. The van der Waals surface area contributed by atoms with Gasteiger partial charge in [-0.2, -0.15) is 0 Å². The normalized spacial score (nSPS) is 10.3. The molecule has 0 radical (unpaired) electrons. The van der Waals surface area contributed by atoms with Gasteiger partial charge in [-0.15, -0.1) is 0 Å². The number of H-pyrrole nitrogens is 1. The highest BCUT2D eigenvalue weighted by molar-refractivity contribution is 6.03. The lowest BCUT2D eigenvalue weighted by Crippen LogP contribution is -2.12. The number of pyridine rings is 1. The third-order valence-corrected chi connectivity index (χ3v) is 2.55. The number of carbonyl (C=O) groups excluding carboxylic acids is 1. The van der Waals surface area contributed by atoms with Gasteiger partial charge in [0.2, 0.25) is 5.56 Å². The van der Waals surface area contributed by atoms with E-state index in [-0.39, 0.29) is 17.7 Å². The molecule has 1 aromatic carbocycles. The predicted molar refractivity (Wildman–Crippen MR) is 67.1 cm³/mol. The van der Waals surface area contributed by atoms with Crippen LogP contribution in [0.15, 0.2) is 29.1 Å². The summed E-state index contributed by atoms with van der Waals surface area (Å²) in [5.41, 5.74) is 0.483. The van der Waals surface area contributed by atoms with Gasteiger partial charge in [0.05, 0.1) is 19.3 Å². The predicted octanol–water partition coefficient (Wildman–Crippen LogP) is 1.71. The minimum Gasteiger partial charge on any atom is -0.497 e. The van der Waals surface area contributed by atoms with Crippen molar-refractivity contribution in [1.82, 2.24) is 4.98 Å². The van der Waals surface area contributed by atoms with Crippen molar-refractivity contribution >= 4 is 16.9 Å². The van der Waals surface area contributed by atoms with Gasteiger partial charge in [0.15, 0.2) is 0 Å². The summed E-state index contributed by atoms with van der Waals surface area (Å²) in [6, 6.07) is 6.34. The molecule has 0 atom stereocenters. The van der Waals surface area contributed by atoms with Crippen LogP contribution in [0, 0.1) is 0 Å². The summed E-state index contributed by atoms with van der Waals surface area (Å²) < 4.78 is 10.0. The average Bonchev–Trinajstić information content (AvgIpc) is 2.37. The first kappa shape index (κ1) is 12.2. The molecule has 0 saturated heterocycles. The molecule has 1 aromatic heterocycles. The standard InChI is InChI=1S/C13H13NO4/c1-3-18-13(16)10-7-12(15)14-11-5-4-8(17-2)6-9(10)11/h4-7H,3H2,1-2H3,(H,14,15). The highest BCUT2D eigenvalue weighted by Gasteiger charge is 2.13. The first-order valence-electron chi connectivity index (χ1n) is 5.54. The average molecular weight is 247 g/mol. The minimum atomic E-state index is -0.512. The van der Waals surface area contributed by atoms with E-state index in [9.17, 15) is 9.59 Å². The monoisotopic (exact) mass is 247 g/mol. The second-order valence-electron chi connectivity index (χ2n) is 3.68. The Kier molecular flexibility index (Phi) is 3.32. The quantitative estimate of drug-likeness (QED) is 0.838. The van der Waals surface area contributed by atoms with Crippen LogP contribution in [0.3, 0.4) is 0 Å².